The van der Waals surface area contributed by atoms with E-state index in [0.717, 1.165) is 19.0 Å². The molecule has 1 aliphatic rings. The lowest BCUT2D eigenvalue weighted by Crippen LogP contribution is -2.43. The van der Waals surface area contributed by atoms with Crippen LogP contribution < -0.4 is 5.73 Å². The van der Waals surface area contributed by atoms with Crippen LogP contribution in [0.3, 0.4) is 0 Å². The largest absolute Gasteiger partial charge is 0.329 e. The number of hydrogen-bond acceptors (Lipinski definition) is 3. The summed E-state index contributed by atoms with van der Waals surface area (Å²) in [6.45, 7) is 1.74. The molecule has 0 radical (unpaired) electrons. The van der Waals surface area contributed by atoms with Crippen molar-refractivity contribution in [3.05, 3.63) is 30.1 Å². The van der Waals surface area contributed by atoms with Crippen LogP contribution in [0.1, 0.15) is 44.1 Å². The van der Waals surface area contributed by atoms with Gasteiger partial charge in [-0.25, -0.2) is 0 Å². The molecule has 1 aromatic heterocycles. The summed E-state index contributed by atoms with van der Waals surface area (Å²) >= 11 is 0. The Balaban J connectivity index is 1.95. The van der Waals surface area contributed by atoms with Crippen LogP contribution in [0.25, 0.3) is 0 Å². The summed E-state index contributed by atoms with van der Waals surface area (Å²) in [7, 11) is 2.21. The number of pyridine rings is 1. The fourth-order valence-electron chi connectivity index (χ4n) is 3.32. The van der Waals surface area contributed by atoms with Gasteiger partial charge in [-0.1, -0.05) is 25.7 Å². The molecule has 1 atom stereocenters. The highest BCUT2D eigenvalue weighted by atomic mass is 15.1. The highest BCUT2D eigenvalue weighted by Gasteiger charge is 2.24. The normalized spacial score (nSPS) is 19.3. The molecule has 0 amide bonds. The monoisotopic (exact) mass is 261 g/mol. The summed E-state index contributed by atoms with van der Waals surface area (Å²) in [6.07, 6.45) is 12.0. The lowest BCUT2D eigenvalue weighted by Gasteiger charge is -2.33. The lowest BCUT2D eigenvalue weighted by molar-refractivity contribution is 0.160. The van der Waals surface area contributed by atoms with Gasteiger partial charge in [-0.2, -0.15) is 0 Å². The van der Waals surface area contributed by atoms with E-state index in [-0.39, 0.29) is 0 Å². The van der Waals surface area contributed by atoms with Crippen LogP contribution in [0.5, 0.6) is 0 Å². The summed E-state index contributed by atoms with van der Waals surface area (Å²) in [5.41, 5.74) is 7.38. The van der Waals surface area contributed by atoms with E-state index in [0.29, 0.717) is 6.04 Å². The number of likely N-dealkylation sites (N-methyl/N-ethyl adjacent to an activating group) is 1. The SMILES string of the molecule is CN(Cc1ccncc1)C(CN)C1CCCCCC1. The van der Waals surface area contributed by atoms with Crippen molar-refractivity contribution in [3.63, 3.8) is 0 Å². The first kappa shape index (κ1) is 14.5. The number of hydrogen-bond donors (Lipinski definition) is 1. The van der Waals surface area contributed by atoms with Gasteiger partial charge >= 0.3 is 0 Å². The molecule has 106 valence electrons. The van der Waals surface area contributed by atoms with E-state index in [4.69, 9.17) is 5.73 Å². The summed E-state index contributed by atoms with van der Waals surface area (Å²) in [5, 5.41) is 0. The number of nitrogens with two attached hydrogens (primary N) is 1. The van der Waals surface area contributed by atoms with Crippen molar-refractivity contribution in [3.8, 4) is 0 Å². The van der Waals surface area contributed by atoms with Gasteiger partial charge in [-0.15, -0.1) is 0 Å². The molecular weight excluding hydrogens is 234 g/mol. The fraction of sp³-hybridized carbons (Fsp3) is 0.688. The van der Waals surface area contributed by atoms with Crippen molar-refractivity contribution in [2.24, 2.45) is 11.7 Å². The Kier molecular flexibility index (Phi) is 5.80. The predicted octanol–water partition coefficient (Wildman–Crippen LogP) is 2.81. The molecule has 1 aliphatic carbocycles. The minimum atomic E-state index is 0.520. The van der Waals surface area contributed by atoms with Crippen LogP contribution in [0.2, 0.25) is 0 Å². The van der Waals surface area contributed by atoms with E-state index in [9.17, 15) is 0 Å². The van der Waals surface area contributed by atoms with Gasteiger partial charge in [0.25, 0.3) is 0 Å². The van der Waals surface area contributed by atoms with Gasteiger partial charge in [0.15, 0.2) is 0 Å². The van der Waals surface area contributed by atoms with Crippen LogP contribution in [0.4, 0.5) is 0 Å². The Morgan fingerprint density at radius 2 is 1.84 bits per heavy atom. The van der Waals surface area contributed by atoms with Gasteiger partial charge in [0.2, 0.25) is 0 Å². The Morgan fingerprint density at radius 3 is 2.42 bits per heavy atom. The molecule has 3 heteroatoms. The van der Waals surface area contributed by atoms with E-state index >= 15 is 0 Å². The first-order valence-corrected chi connectivity index (χ1v) is 7.60. The van der Waals surface area contributed by atoms with Crippen molar-refractivity contribution in [2.75, 3.05) is 13.6 Å². The number of aromatic nitrogens is 1. The minimum absolute atomic E-state index is 0.520. The second kappa shape index (κ2) is 7.61. The molecule has 0 aromatic carbocycles. The smallest absolute Gasteiger partial charge is 0.0271 e. The van der Waals surface area contributed by atoms with Crippen LogP contribution in [0, 0.1) is 5.92 Å². The molecule has 1 aromatic rings. The van der Waals surface area contributed by atoms with Crippen molar-refractivity contribution >= 4 is 0 Å². The summed E-state index contributed by atoms with van der Waals surface area (Å²) in [6, 6.07) is 4.71. The van der Waals surface area contributed by atoms with Gasteiger partial charge in [0.05, 0.1) is 0 Å². The molecule has 2 N–H and O–H groups in total. The quantitative estimate of drug-likeness (QED) is 0.829. The number of rotatable bonds is 5. The maximum absolute atomic E-state index is 6.06. The average Bonchev–Trinajstić information content (AvgIpc) is 2.70. The molecule has 0 aliphatic heterocycles. The van der Waals surface area contributed by atoms with Gasteiger partial charge in [0, 0.05) is 31.5 Å². The Hall–Kier alpha value is -0.930. The maximum Gasteiger partial charge on any atom is 0.0271 e. The van der Waals surface area contributed by atoms with Gasteiger partial charge in [-0.05, 0) is 43.5 Å². The maximum atomic E-state index is 6.06. The minimum Gasteiger partial charge on any atom is -0.329 e. The van der Waals surface area contributed by atoms with Crippen molar-refractivity contribution < 1.29 is 0 Å². The molecule has 1 saturated carbocycles. The first-order valence-electron chi connectivity index (χ1n) is 7.60. The molecule has 2 rings (SSSR count). The predicted molar refractivity (Wildman–Crippen MR) is 79.7 cm³/mol. The van der Waals surface area contributed by atoms with E-state index in [1.165, 1.54) is 44.1 Å². The topological polar surface area (TPSA) is 42.2 Å². The van der Waals surface area contributed by atoms with E-state index in [1.54, 1.807) is 0 Å². The van der Waals surface area contributed by atoms with E-state index < -0.39 is 0 Å². The third-order valence-electron chi connectivity index (χ3n) is 4.43. The molecule has 0 saturated heterocycles. The third kappa shape index (κ3) is 4.29. The van der Waals surface area contributed by atoms with Gasteiger partial charge in [-0.3, -0.25) is 9.88 Å². The van der Waals surface area contributed by atoms with Crippen LogP contribution in [0.15, 0.2) is 24.5 Å². The van der Waals surface area contributed by atoms with Crippen molar-refractivity contribution in [2.45, 2.75) is 51.1 Å². The zero-order chi connectivity index (χ0) is 13.5. The average molecular weight is 261 g/mol. The zero-order valence-electron chi connectivity index (χ0n) is 12.1. The molecular formula is C16H27N3. The second-order valence-electron chi connectivity index (χ2n) is 5.83. The summed E-state index contributed by atoms with van der Waals surface area (Å²) < 4.78 is 0. The summed E-state index contributed by atoms with van der Waals surface area (Å²) in [4.78, 5) is 6.51. The van der Waals surface area contributed by atoms with Crippen LogP contribution in [-0.2, 0) is 6.54 Å². The first-order chi connectivity index (χ1) is 9.31. The molecule has 3 nitrogen and oxygen atoms in total. The van der Waals surface area contributed by atoms with Crippen molar-refractivity contribution in [1.82, 2.24) is 9.88 Å². The van der Waals surface area contributed by atoms with Gasteiger partial charge < -0.3 is 5.73 Å². The molecule has 1 fully saturated rings. The molecule has 1 heterocycles. The molecule has 0 bridgehead atoms. The standard InChI is InChI=1S/C16H27N3/c1-19(13-14-8-10-18-11-9-14)16(12-17)15-6-4-2-3-5-7-15/h8-11,15-16H,2-7,12-13,17H2,1H3. The Labute approximate surface area is 117 Å². The second-order valence-corrected chi connectivity index (χ2v) is 5.83. The Bertz CT molecular complexity index is 344. The zero-order valence-corrected chi connectivity index (χ0v) is 12.1. The van der Waals surface area contributed by atoms with Crippen LogP contribution in [-0.4, -0.2) is 29.5 Å². The summed E-state index contributed by atoms with van der Waals surface area (Å²) in [5.74, 6) is 0.777. The Morgan fingerprint density at radius 1 is 1.21 bits per heavy atom. The highest BCUT2D eigenvalue weighted by molar-refractivity contribution is 5.09. The molecule has 1 unspecified atom stereocenters. The van der Waals surface area contributed by atoms with Crippen LogP contribution >= 0.6 is 0 Å². The molecule has 19 heavy (non-hydrogen) atoms. The van der Waals surface area contributed by atoms with E-state index in [1.807, 2.05) is 12.4 Å². The van der Waals surface area contributed by atoms with E-state index in [2.05, 4.69) is 29.1 Å². The van der Waals surface area contributed by atoms with Gasteiger partial charge in [0.1, 0.15) is 0 Å². The lowest BCUT2D eigenvalue weighted by atomic mass is 9.90. The highest BCUT2D eigenvalue weighted by Crippen LogP contribution is 2.27. The van der Waals surface area contributed by atoms with Crippen molar-refractivity contribution in [1.29, 1.82) is 0 Å². The fourth-order valence-corrected chi connectivity index (χ4v) is 3.32. The molecule has 0 spiro atoms. The number of nitrogens with zero attached hydrogens (tertiary/aromatic N) is 2. The third-order valence-corrected chi connectivity index (χ3v) is 4.43.